The molecule has 1 fully saturated rings. The van der Waals surface area contributed by atoms with Crippen molar-refractivity contribution in [3.8, 4) is 0 Å². The summed E-state index contributed by atoms with van der Waals surface area (Å²) in [6, 6.07) is 0. The van der Waals surface area contributed by atoms with E-state index in [1.165, 1.54) is 0 Å². The third-order valence-electron chi connectivity index (χ3n) is 4.27. The van der Waals surface area contributed by atoms with Gasteiger partial charge < -0.3 is 10.6 Å². The normalized spacial score (nSPS) is 22.8. The van der Waals surface area contributed by atoms with Crippen molar-refractivity contribution >= 4 is 11.8 Å². The van der Waals surface area contributed by atoms with Crippen molar-refractivity contribution in [2.45, 2.75) is 39.7 Å². The molecule has 1 atom stereocenters. The number of piperidine rings is 1. The Hall–Kier alpha value is -1.85. The first kappa shape index (κ1) is 14.6. The van der Waals surface area contributed by atoms with E-state index in [-0.39, 0.29) is 11.8 Å². The Morgan fingerprint density at radius 2 is 2.20 bits per heavy atom. The molecule has 110 valence electrons. The van der Waals surface area contributed by atoms with Crippen LogP contribution < -0.4 is 5.73 Å². The summed E-state index contributed by atoms with van der Waals surface area (Å²) in [5.74, 6) is -0.370. The molecule has 0 radical (unpaired) electrons. The van der Waals surface area contributed by atoms with E-state index in [4.69, 9.17) is 5.73 Å². The maximum atomic E-state index is 12.5. The van der Waals surface area contributed by atoms with Crippen LogP contribution in [0.4, 0.5) is 0 Å². The van der Waals surface area contributed by atoms with Gasteiger partial charge in [0.05, 0.1) is 17.2 Å². The molecule has 2 N–H and O–H groups in total. The van der Waals surface area contributed by atoms with Crippen LogP contribution in [-0.4, -0.2) is 39.6 Å². The van der Waals surface area contributed by atoms with Crippen molar-refractivity contribution < 1.29 is 9.59 Å². The number of amides is 2. The first-order valence-electron chi connectivity index (χ1n) is 7.14. The minimum Gasteiger partial charge on any atom is -0.369 e. The standard InChI is InChI=1S/C14H22N4O2/c1-3-14(13(15)20)6-5-7-17(10-14)12(19)11-8-16-18(4-2)9-11/h8-9H,3-7,10H2,1-2H3,(H2,15,20). The lowest BCUT2D eigenvalue weighted by molar-refractivity contribution is -0.130. The molecule has 1 saturated heterocycles. The molecule has 1 aromatic rings. The van der Waals surface area contributed by atoms with Gasteiger partial charge >= 0.3 is 0 Å². The quantitative estimate of drug-likeness (QED) is 0.892. The minimum absolute atomic E-state index is 0.0662. The summed E-state index contributed by atoms with van der Waals surface area (Å²) in [6.07, 6.45) is 5.56. The summed E-state index contributed by atoms with van der Waals surface area (Å²) in [6.45, 7) is 5.73. The molecule has 2 amide bonds. The highest BCUT2D eigenvalue weighted by atomic mass is 16.2. The molecule has 0 bridgehead atoms. The Kier molecular flexibility index (Phi) is 4.11. The third kappa shape index (κ3) is 2.55. The van der Waals surface area contributed by atoms with Crippen LogP contribution in [0.1, 0.15) is 43.5 Å². The number of likely N-dealkylation sites (tertiary alicyclic amines) is 1. The van der Waals surface area contributed by atoms with E-state index in [1.807, 2.05) is 13.8 Å². The largest absolute Gasteiger partial charge is 0.369 e. The van der Waals surface area contributed by atoms with E-state index in [9.17, 15) is 9.59 Å². The van der Waals surface area contributed by atoms with E-state index >= 15 is 0 Å². The molecular weight excluding hydrogens is 256 g/mol. The number of hydrogen-bond donors (Lipinski definition) is 1. The van der Waals surface area contributed by atoms with Crippen molar-refractivity contribution in [3.63, 3.8) is 0 Å². The summed E-state index contributed by atoms with van der Waals surface area (Å²) < 4.78 is 1.72. The first-order valence-corrected chi connectivity index (χ1v) is 7.14. The number of hydrogen-bond acceptors (Lipinski definition) is 3. The van der Waals surface area contributed by atoms with Crippen molar-refractivity contribution in [1.29, 1.82) is 0 Å². The number of aryl methyl sites for hydroxylation is 1. The highest BCUT2D eigenvalue weighted by Crippen LogP contribution is 2.33. The fourth-order valence-corrected chi connectivity index (χ4v) is 2.80. The number of nitrogens with two attached hydrogens (primary N) is 1. The van der Waals surface area contributed by atoms with Gasteiger partial charge in [-0.15, -0.1) is 0 Å². The summed E-state index contributed by atoms with van der Waals surface area (Å²) in [7, 11) is 0. The van der Waals surface area contributed by atoms with Crippen LogP contribution in [0.3, 0.4) is 0 Å². The number of rotatable bonds is 4. The third-order valence-corrected chi connectivity index (χ3v) is 4.27. The van der Waals surface area contributed by atoms with E-state index < -0.39 is 5.41 Å². The molecule has 1 aliphatic rings. The molecule has 0 aliphatic carbocycles. The summed E-state index contributed by atoms with van der Waals surface area (Å²) >= 11 is 0. The van der Waals surface area contributed by atoms with Gasteiger partial charge in [0.15, 0.2) is 0 Å². The van der Waals surface area contributed by atoms with Gasteiger partial charge in [0, 0.05) is 25.8 Å². The topological polar surface area (TPSA) is 81.2 Å². The van der Waals surface area contributed by atoms with Crippen LogP contribution in [0, 0.1) is 5.41 Å². The molecular formula is C14H22N4O2. The van der Waals surface area contributed by atoms with Gasteiger partial charge in [-0.05, 0) is 26.2 Å². The van der Waals surface area contributed by atoms with Crippen LogP contribution in [0.15, 0.2) is 12.4 Å². The average Bonchev–Trinajstić information content (AvgIpc) is 2.95. The molecule has 2 heterocycles. The van der Waals surface area contributed by atoms with Crippen LogP contribution in [0.2, 0.25) is 0 Å². The molecule has 1 aromatic heterocycles. The lowest BCUT2D eigenvalue weighted by atomic mass is 9.77. The zero-order valence-electron chi connectivity index (χ0n) is 12.1. The van der Waals surface area contributed by atoms with Crippen LogP contribution in [0.5, 0.6) is 0 Å². The first-order chi connectivity index (χ1) is 9.52. The molecule has 0 aromatic carbocycles. The van der Waals surface area contributed by atoms with Gasteiger partial charge in [0.2, 0.25) is 5.91 Å². The summed E-state index contributed by atoms with van der Waals surface area (Å²) in [4.78, 5) is 25.9. The maximum Gasteiger partial charge on any atom is 0.257 e. The van der Waals surface area contributed by atoms with E-state index in [2.05, 4.69) is 5.10 Å². The number of nitrogens with zero attached hydrogens (tertiary/aromatic N) is 3. The van der Waals surface area contributed by atoms with Gasteiger partial charge in [-0.1, -0.05) is 6.92 Å². The number of primary amides is 1. The van der Waals surface area contributed by atoms with Crippen molar-refractivity contribution in [3.05, 3.63) is 18.0 Å². The molecule has 20 heavy (non-hydrogen) atoms. The SMILES string of the molecule is CCn1cc(C(=O)N2CCCC(CC)(C(N)=O)C2)cn1. The highest BCUT2D eigenvalue weighted by Gasteiger charge is 2.40. The van der Waals surface area contributed by atoms with E-state index in [0.29, 0.717) is 25.1 Å². The molecule has 1 unspecified atom stereocenters. The zero-order valence-corrected chi connectivity index (χ0v) is 12.1. The monoisotopic (exact) mass is 278 g/mol. The fourth-order valence-electron chi connectivity index (χ4n) is 2.80. The second-order valence-corrected chi connectivity index (χ2v) is 5.41. The molecule has 1 aliphatic heterocycles. The van der Waals surface area contributed by atoms with Gasteiger partial charge in [0.1, 0.15) is 0 Å². The van der Waals surface area contributed by atoms with Crippen molar-refractivity contribution in [2.24, 2.45) is 11.1 Å². The molecule has 6 nitrogen and oxygen atoms in total. The second kappa shape index (κ2) is 5.64. The Bertz CT molecular complexity index is 511. The van der Waals surface area contributed by atoms with Crippen LogP contribution in [-0.2, 0) is 11.3 Å². The maximum absolute atomic E-state index is 12.5. The van der Waals surface area contributed by atoms with Crippen molar-refractivity contribution in [2.75, 3.05) is 13.1 Å². The Balaban J connectivity index is 2.16. The van der Waals surface area contributed by atoms with E-state index in [0.717, 1.165) is 19.4 Å². The second-order valence-electron chi connectivity index (χ2n) is 5.41. The summed E-state index contributed by atoms with van der Waals surface area (Å²) in [5.41, 5.74) is 5.54. The number of carbonyl (C=O) groups excluding carboxylic acids is 2. The van der Waals surface area contributed by atoms with E-state index in [1.54, 1.807) is 22.0 Å². The Labute approximate surface area is 118 Å². The van der Waals surface area contributed by atoms with Crippen LogP contribution in [0.25, 0.3) is 0 Å². The molecule has 2 rings (SSSR count). The van der Waals surface area contributed by atoms with Gasteiger partial charge in [0.25, 0.3) is 5.91 Å². The highest BCUT2D eigenvalue weighted by molar-refractivity contribution is 5.94. The summed E-state index contributed by atoms with van der Waals surface area (Å²) in [5, 5.41) is 4.12. The number of aromatic nitrogens is 2. The number of carbonyl (C=O) groups is 2. The zero-order chi connectivity index (χ0) is 14.8. The van der Waals surface area contributed by atoms with Gasteiger partial charge in [-0.25, -0.2) is 0 Å². The Morgan fingerprint density at radius 1 is 1.45 bits per heavy atom. The van der Waals surface area contributed by atoms with Gasteiger partial charge in [-0.3, -0.25) is 14.3 Å². The molecule has 6 heteroatoms. The lowest BCUT2D eigenvalue weighted by Crippen LogP contribution is -2.51. The fraction of sp³-hybridized carbons (Fsp3) is 0.643. The van der Waals surface area contributed by atoms with Gasteiger partial charge in [-0.2, -0.15) is 5.10 Å². The lowest BCUT2D eigenvalue weighted by Gasteiger charge is -2.40. The predicted octanol–water partition coefficient (Wildman–Crippen LogP) is 1.02. The molecule has 0 saturated carbocycles. The predicted molar refractivity (Wildman–Crippen MR) is 75.0 cm³/mol. The average molecular weight is 278 g/mol. The smallest absolute Gasteiger partial charge is 0.257 e. The van der Waals surface area contributed by atoms with Crippen molar-refractivity contribution in [1.82, 2.24) is 14.7 Å². The van der Waals surface area contributed by atoms with Crippen LogP contribution >= 0.6 is 0 Å². The minimum atomic E-state index is -0.575. The Morgan fingerprint density at radius 3 is 2.75 bits per heavy atom. The molecule has 0 spiro atoms.